The minimum absolute atomic E-state index is 0.0320. The molecule has 0 spiro atoms. The van der Waals surface area contributed by atoms with Crippen LogP contribution in [0.2, 0.25) is 0 Å². The van der Waals surface area contributed by atoms with Crippen molar-refractivity contribution in [2.45, 2.75) is 19.4 Å². The second-order valence-corrected chi connectivity index (χ2v) is 6.47. The van der Waals surface area contributed by atoms with Crippen molar-refractivity contribution in [1.29, 1.82) is 0 Å². The van der Waals surface area contributed by atoms with Crippen molar-refractivity contribution >= 4 is 17.5 Å². The van der Waals surface area contributed by atoms with Crippen molar-refractivity contribution in [2.24, 2.45) is 0 Å². The van der Waals surface area contributed by atoms with Gasteiger partial charge >= 0.3 is 0 Å². The van der Waals surface area contributed by atoms with Crippen LogP contribution >= 0.6 is 0 Å². The lowest BCUT2D eigenvalue weighted by molar-refractivity contribution is -0.118. The summed E-state index contributed by atoms with van der Waals surface area (Å²) in [6.45, 7) is 1.79. The Balaban J connectivity index is 1.42. The van der Waals surface area contributed by atoms with Crippen molar-refractivity contribution in [2.75, 3.05) is 11.9 Å². The van der Waals surface area contributed by atoms with E-state index >= 15 is 0 Å². The predicted octanol–water partition coefficient (Wildman–Crippen LogP) is 2.10. The number of pyridine rings is 1. The normalized spacial score (nSPS) is 15.8. The van der Waals surface area contributed by atoms with Crippen LogP contribution in [0.15, 0.2) is 53.1 Å². The molecule has 2 amide bonds. The van der Waals surface area contributed by atoms with Crippen LogP contribution in [0.25, 0.3) is 0 Å². The summed E-state index contributed by atoms with van der Waals surface area (Å²) in [5.74, 6) is -0.00524. The molecule has 0 saturated carbocycles. The Morgan fingerprint density at radius 1 is 1.25 bits per heavy atom. The predicted molar refractivity (Wildman–Crippen MR) is 100 cm³/mol. The highest BCUT2D eigenvalue weighted by Gasteiger charge is 2.28. The second-order valence-electron chi connectivity index (χ2n) is 6.47. The molecule has 0 saturated heterocycles. The van der Waals surface area contributed by atoms with Gasteiger partial charge in [0.2, 0.25) is 5.88 Å². The molecular formula is C20H18N4O4. The highest BCUT2D eigenvalue weighted by Crippen LogP contribution is 2.24. The molecule has 0 aliphatic carbocycles. The third-order valence-corrected chi connectivity index (χ3v) is 4.28. The maximum Gasteiger partial charge on any atom is 0.274 e. The molecule has 2 N–H and O–H groups in total. The molecule has 0 fully saturated rings. The van der Waals surface area contributed by atoms with E-state index in [9.17, 15) is 9.59 Å². The van der Waals surface area contributed by atoms with E-state index in [1.807, 2.05) is 37.3 Å². The molecule has 4 rings (SSSR count). The number of aryl methyl sites for hydroxylation is 1. The fourth-order valence-electron chi connectivity index (χ4n) is 2.84. The minimum Gasteiger partial charge on any atom is -0.473 e. The zero-order chi connectivity index (χ0) is 19.5. The van der Waals surface area contributed by atoms with Crippen LogP contribution in [-0.2, 0) is 11.2 Å². The van der Waals surface area contributed by atoms with Crippen LogP contribution in [0.5, 0.6) is 5.88 Å². The van der Waals surface area contributed by atoms with Gasteiger partial charge in [-0.05, 0) is 24.6 Å². The van der Waals surface area contributed by atoms with Gasteiger partial charge in [0.05, 0.1) is 0 Å². The number of carbonyl (C=O) groups is 2. The molecule has 8 nitrogen and oxygen atoms in total. The van der Waals surface area contributed by atoms with E-state index in [1.54, 1.807) is 18.2 Å². The van der Waals surface area contributed by atoms with E-state index in [0.29, 0.717) is 23.7 Å². The quantitative estimate of drug-likeness (QED) is 0.720. The summed E-state index contributed by atoms with van der Waals surface area (Å²) < 4.78 is 10.8. The van der Waals surface area contributed by atoms with Crippen LogP contribution in [0, 0.1) is 6.92 Å². The minimum atomic E-state index is -0.878. The molecular weight excluding hydrogens is 360 g/mol. The number of nitrogens with one attached hydrogen (secondary N) is 2. The van der Waals surface area contributed by atoms with Gasteiger partial charge in [0.1, 0.15) is 24.1 Å². The van der Waals surface area contributed by atoms with Gasteiger partial charge in [0.15, 0.2) is 5.69 Å². The van der Waals surface area contributed by atoms with Crippen LogP contribution in [0.1, 0.15) is 27.5 Å². The third kappa shape index (κ3) is 3.85. The molecule has 3 aromatic rings. The number of benzene rings is 1. The molecule has 1 aromatic carbocycles. The van der Waals surface area contributed by atoms with E-state index in [1.165, 1.54) is 0 Å². The monoisotopic (exact) mass is 378 g/mol. The Bertz CT molecular complexity index is 1020. The molecule has 8 heteroatoms. The Morgan fingerprint density at radius 3 is 2.89 bits per heavy atom. The van der Waals surface area contributed by atoms with E-state index in [-0.39, 0.29) is 18.2 Å². The lowest BCUT2D eigenvalue weighted by Crippen LogP contribution is -2.46. The number of nitrogens with zero attached hydrogens (tertiary/aromatic N) is 2. The summed E-state index contributed by atoms with van der Waals surface area (Å²) in [4.78, 5) is 29.1. The summed E-state index contributed by atoms with van der Waals surface area (Å²) in [6, 6.07) is 13.9. The number of aromatic nitrogens is 2. The first-order valence-corrected chi connectivity index (χ1v) is 8.80. The van der Waals surface area contributed by atoms with Gasteiger partial charge in [-0.25, -0.2) is 4.98 Å². The number of carbonyl (C=O) groups excluding carboxylic acids is 2. The van der Waals surface area contributed by atoms with Crippen LogP contribution in [0.4, 0.5) is 5.69 Å². The first-order valence-electron chi connectivity index (χ1n) is 8.80. The van der Waals surface area contributed by atoms with Crippen LogP contribution < -0.4 is 15.4 Å². The van der Waals surface area contributed by atoms with Crippen molar-refractivity contribution in [3.63, 3.8) is 0 Å². The van der Waals surface area contributed by atoms with E-state index in [2.05, 4.69) is 20.8 Å². The zero-order valence-electron chi connectivity index (χ0n) is 15.1. The van der Waals surface area contributed by atoms with E-state index < -0.39 is 11.9 Å². The average molecular weight is 378 g/mol. The van der Waals surface area contributed by atoms with Gasteiger partial charge < -0.3 is 19.9 Å². The Kier molecular flexibility index (Phi) is 4.76. The first kappa shape index (κ1) is 17.7. The molecule has 142 valence electrons. The Labute approximate surface area is 160 Å². The summed E-state index contributed by atoms with van der Waals surface area (Å²) in [5, 5.41) is 9.14. The Morgan fingerprint density at radius 2 is 2.07 bits per heavy atom. The number of amides is 2. The molecule has 3 heterocycles. The largest absolute Gasteiger partial charge is 0.473 e. The topological polar surface area (TPSA) is 106 Å². The number of anilines is 1. The van der Waals surface area contributed by atoms with E-state index in [0.717, 1.165) is 11.3 Å². The highest BCUT2D eigenvalue weighted by atomic mass is 16.5. The SMILES string of the molecule is Cc1ccc2c(n1)OCC(NC(=O)c1cc(Cc3ccccc3)on1)C(=O)N2. The molecule has 2 aromatic heterocycles. The van der Waals surface area contributed by atoms with Crippen LogP contribution in [0.3, 0.4) is 0 Å². The molecule has 0 radical (unpaired) electrons. The molecule has 1 aliphatic heterocycles. The number of rotatable bonds is 4. The van der Waals surface area contributed by atoms with Gasteiger partial charge in [0, 0.05) is 18.2 Å². The van der Waals surface area contributed by atoms with Crippen molar-refractivity contribution in [3.8, 4) is 5.88 Å². The number of fused-ring (bicyclic) bond motifs is 1. The lowest BCUT2D eigenvalue weighted by atomic mass is 10.1. The van der Waals surface area contributed by atoms with Crippen molar-refractivity contribution in [3.05, 3.63) is 71.2 Å². The third-order valence-electron chi connectivity index (χ3n) is 4.28. The van der Waals surface area contributed by atoms with Crippen LogP contribution in [-0.4, -0.2) is 34.6 Å². The lowest BCUT2D eigenvalue weighted by Gasteiger charge is -2.13. The highest BCUT2D eigenvalue weighted by molar-refractivity contribution is 6.01. The number of hydrogen-bond acceptors (Lipinski definition) is 6. The molecule has 1 aliphatic rings. The first-order chi connectivity index (χ1) is 13.6. The van der Waals surface area contributed by atoms with Gasteiger partial charge in [-0.15, -0.1) is 0 Å². The van der Waals surface area contributed by atoms with Crippen molar-refractivity contribution in [1.82, 2.24) is 15.5 Å². The summed E-state index contributed by atoms with van der Waals surface area (Å²) in [5.41, 5.74) is 2.39. The smallest absolute Gasteiger partial charge is 0.274 e. The maximum atomic E-state index is 12.5. The molecule has 1 unspecified atom stereocenters. The summed E-state index contributed by atoms with van der Waals surface area (Å²) >= 11 is 0. The number of ether oxygens (including phenoxy) is 1. The fourth-order valence-corrected chi connectivity index (χ4v) is 2.84. The molecule has 28 heavy (non-hydrogen) atoms. The summed E-state index contributed by atoms with van der Waals surface area (Å²) in [6.07, 6.45) is 0.522. The van der Waals surface area contributed by atoms with Gasteiger partial charge in [-0.2, -0.15) is 0 Å². The zero-order valence-corrected chi connectivity index (χ0v) is 15.1. The fraction of sp³-hybridized carbons (Fsp3) is 0.200. The standard InChI is InChI=1S/C20H18N4O4/c1-12-7-8-15-20(21-12)27-11-17(19(26)22-15)23-18(25)16-10-14(28-24-16)9-13-5-3-2-4-6-13/h2-8,10,17H,9,11H2,1H3,(H,22,26)(H,23,25). The Hall–Kier alpha value is -3.68. The maximum absolute atomic E-state index is 12.5. The molecule has 1 atom stereocenters. The van der Waals surface area contributed by atoms with Gasteiger partial charge in [-0.1, -0.05) is 35.5 Å². The van der Waals surface area contributed by atoms with Gasteiger partial charge in [-0.3, -0.25) is 9.59 Å². The van der Waals surface area contributed by atoms with E-state index in [4.69, 9.17) is 9.26 Å². The summed E-state index contributed by atoms with van der Waals surface area (Å²) in [7, 11) is 0. The average Bonchev–Trinajstić information content (AvgIpc) is 3.10. The van der Waals surface area contributed by atoms with Gasteiger partial charge in [0.25, 0.3) is 11.8 Å². The molecule has 0 bridgehead atoms. The second kappa shape index (κ2) is 7.51. The number of hydrogen-bond donors (Lipinski definition) is 2. The van der Waals surface area contributed by atoms with Crippen molar-refractivity contribution < 1.29 is 18.8 Å².